The summed E-state index contributed by atoms with van der Waals surface area (Å²) in [4.78, 5) is 59.8. The molecule has 0 unspecified atom stereocenters. The first-order chi connectivity index (χ1) is 32.7. The third-order valence-electron chi connectivity index (χ3n) is 13.3. The Morgan fingerprint density at radius 2 is 1.55 bits per heavy atom. The number of benzene rings is 4. The van der Waals surface area contributed by atoms with E-state index in [1.54, 1.807) is 30.3 Å². The van der Waals surface area contributed by atoms with Crippen LogP contribution in [0.5, 0.6) is 11.5 Å². The zero-order chi connectivity index (χ0) is 49.8. The normalized spacial score (nSPS) is 19.6. The number of aromatic nitrogens is 1. The van der Waals surface area contributed by atoms with Crippen LogP contribution < -0.4 is 25.4 Å². The van der Waals surface area contributed by atoms with Crippen LogP contribution in [0.4, 0.5) is 0 Å². The first-order valence-corrected chi connectivity index (χ1v) is 23.6. The molecule has 4 amide bonds. The zero-order valence-electron chi connectivity index (χ0n) is 40.4. The first kappa shape index (κ1) is 50.2. The van der Waals surface area contributed by atoms with E-state index in [4.69, 9.17) is 25.5 Å². The molecule has 0 bridgehead atoms. The number of aliphatic hydroxyl groups excluding tert-OH is 1. The molecule has 2 heterocycles. The molecular weight excluding hydrogens is 896 g/mol. The van der Waals surface area contributed by atoms with Gasteiger partial charge in [-0.3, -0.25) is 19.2 Å². The molecule has 69 heavy (non-hydrogen) atoms. The first-order valence-electron chi connectivity index (χ1n) is 23.2. The molecule has 3 atom stereocenters. The largest absolute Gasteiger partial charge is 0.494 e. The second-order valence-electron chi connectivity index (χ2n) is 20.3. The minimum absolute atomic E-state index is 0.0182. The molecule has 2 aliphatic rings. The van der Waals surface area contributed by atoms with E-state index in [0.717, 1.165) is 27.9 Å². The monoisotopic (exact) mass is 956 g/mol. The number of amides is 4. The summed E-state index contributed by atoms with van der Waals surface area (Å²) in [7, 11) is 0. The number of oxazole rings is 1. The number of ether oxygens (including phenoxy) is 2. The summed E-state index contributed by atoms with van der Waals surface area (Å²) in [6, 6.07) is 27.6. The van der Waals surface area contributed by atoms with Gasteiger partial charge in [-0.25, -0.2) is 4.98 Å². The number of carbonyl (C=O) groups is 4. The molecule has 7 rings (SSSR count). The SMILES string of the molecule is Cc1ncoc1-c1ccc(CNC(=O)[C@@H]2C[C@@H](O)CN2C(=O)[C@@H](NC(=O)CCCOc2ccc(-c3ccc(C(=O)N[C@H]4C(C)(C)[C@H](Oc5ccc(C#N)c(Cl)c5)C4(C)C)cc3)cc2)C(C)(C)C)cc1. The van der Waals surface area contributed by atoms with E-state index in [2.05, 4.69) is 54.7 Å². The van der Waals surface area contributed by atoms with Crippen molar-refractivity contribution in [2.45, 2.75) is 112 Å². The van der Waals surface area contributed by atoms with E-state index >= 15 is 0 Å². The van der Waals surface area contributed by atoms with Crippen LogP contribution in [0.3, 0.4) is 0 Å². The summed E-state index contributed by atoms with van der Waals surface area (Å²) < 4.78 is 17.8. The molecular formula is C54H61ClN6O8. The van der Waals surface area contributed by atoms with Gasteiger partial charge in [0.25, 0.3) is 5.91 Å². The Morgan fingerprint density at radius 1 is 0.928 bits per heavy atom. The van der Waals surface area contributed by atoms with Gasteiger partial charge in [-0.15, -0.1) is 0 Å². The smallest absolute Gasteiger partial charge is 0.251 e. The van der Waals surface area contributed by atoms with Crippen molar-refractivity contribution in [2.75, 3.05) is 13.2 Å². The van der Waals surface area contributed by atoms with Gasteiger partial charge in [0, 0.05) is 60.0 Å². The molecule has 15 heteroatoms. The number of nitriles is 1. The van der Waals surface area contributed by atoms with Gasteiger partial charge in [0.15, 0.2) is 12.2 Å². The molecule has 1 saturated carbocycles. The summed E-state index contributed by atoms with van der Waals surface area (Å²) in [6.45, 7) is 16.1. The number of hydrogen-bond donors (Lipinski definition) is 4. The third kappa shape index (κ3) is 11.3. The Balaban J connectivity index is 0.858. The van der Waals surface area contributed by atoms with E-state index in [1.165, 1.54) is 11.3 Å². The van der Waals surface area contributed by atoms with Crippen LogP contribution in [0, 0.1) is 34.5 Å². The fourth-order valence-corrected chi connectivity index (χ4v) is 10.0. The van der Waals surface area contributed by atoms with Crippen LogP contribution in [0.2, 0.25) is 5.02 Å². The van der Waals surface area contributed by atoms with Crippen molar-refractivity contribution < 1.29 is 38.2 Å². The van der Waals surface area contributed by atoms with E-state index in [-0.39, 0.29) is 62.4 Å². The summed E-state index contributed by atoms with van der Waals surface area (Å²) in [5, 5.41) is 29.2. The predicted octanol–water partition coefficient (Wildman–Crippen LogP) is 8.42. The molecule has 1 saturated heterocycles. The maximum Gasteiger partial charge on any atom is 0.251 e. The van der Waals surface area contributed by atoms with Gasteiger partial charge in [0.2, 0.25) is 17.7 Å². The second kappa shape index (κ2) is 20.5. The average Bonchev–Trinajstić information content (AvgIpc) is 3.94. The van der Waals surface area contributed by atoms with Gasteiger partial charge in [-0.1, -0.05) is 109 Å². The van der Waals surface area contributed by atoms with Crippen LogP contribution in [0.25, 0.3) is 22.5 Å². The van der Waals surface area contributed by atoms with Crippen LogP contribution in [-0.2, 0) is 20.9 Å². The molecule has 0 spiro atoms. The minimum Gasteiger partial charge on any atom is -0.494 e. The van der Waals surface area contributed by atoms with Crippen molar-refractivity contribution in [1.29, 1.82) is 5.26 Å². The molecule has 1 aromatic heterocycles. The third-order valence-corrected chi connectivity index (χ3v) is 13.6. The van der Waals surface area contributed by atoms with Crippen molar-refractivity contribution >= 4 is 35.2 Å². The number of likely N-dealkylation sites (tertiary alicyclic amines) is 1. The van der Waals surface area contributed by atoms with Crippen LogP contribution in [0.15, 0.2) is 102 Å². The molecule has 14 nitrogen and oxygen atoms in total. The molecule has 1 aliphatic carbocycles. The van der Waals surface area contributed by atoms with Gasteiger partial charge >= 0.3 is 0 Å². The molecule has 4 aromatic carbocycles. The lowest BCUT2D eigenvalue weighted by molar-refractivity contribution is -0.164. The number of nitrogens with zero attached hydrogens (tertiary/aromatic N) is 3. The number of aryl methyl sites for hydroxylation is 1. The van der Waals surface area contributed by atoms with E-state index < -0.39 is 40.3 Å². The van der Waals surface area contributed by atoms with E-state index in [9.17, 15) is 29.5 Å². The highest BCUT2D eigenvalue weighted by Crippen LogP contribution is 2.55. The maximum atomic E-state index is 14.1. The van der Waals surface area contributed by atoms with E-state index in [0.29, 0.717) is 39.8 Å². The van der Waals surface area contributed by atoms with Gasteiger partial charge in [-0.2, -0.15) is 5.26 Å². The van der Waals surface area contributed by atoms with Crippen LogP contribution >= 0.6 is 11.6 Å². The highest BCUT2D eigenvalue weighted by atomic mass is 35.5. The van der Waals surface area contributed by atoms with Crippen molar-refractivity contribution in [3.05, 3.63) is 125 Å². The Kier molecular flexibility index (Phi) is 14.9. The predicted molar refractivity (Wildman–Crippen MR) is 262 cm³/mol. The number of halogens is 1. The number of hydrogen-bond acceptors (Lipinski definition) is 10. The standard InChI is InChI=1S/C54H61ClN6O8/c1-32-45(68-31-58-32)36-13-11-33(12-14-36)29-57-48(65)43-26-39(62)30-61(43)49(66)46(52(2,3)4)59-44(63)10-9-25-67-40-22-19-35(20-23-40)34-15-17-37(18-16-34)47(64)60-50-53(5,6)51(54(50,7)8)69-41-24-21-38(28-56)42(55)27-41/h11-24,27,31,39,43,46,50-51,62H,9-10,25-26,29-30H2,1-8H3,(H,57,65)(H,59,63)(H,60,64)/t39-,43+,46-,50-,51-/m1/s1. The number of β-amino-alcohol motifs (C(OH)–C–C–N with tert-alkyl or cyclic N) is 1. The number of aliphatic hydroxyl groups is 1. The van der Waals surface area contributed by atoms with Crippen molar-refractivity contribution in [3.63, 3.8) is 0 Å². The molecule has 1 aliphatic heterocycles. The number of rotatable bonds is 16. The number of carbonyl (C=O) groups excluding carboxylic acids is 4. The Hall–Kier alpha value is -6.69. The Bertz CT molecular complexity index is 2690. The zero-order valence-corrected chi connectivity index (χ0v) is 41.1. The van der Waals surface area contributed by atoms with Crippen molar-refractivity contribution in [2.24, 2.45) is 16.2 Å². The Morgan fingerprint density at radius 3 is 2.14 bits per heavy atom. The van der Waals surface area contributed by atoms with Gasteiger partial charge < -0.3 is 39.8 Å². The second-order valence-corrected chi connectivity index (χ2v) is 20.7. The molecule has 0 radical (unpaired) electrons. The molecule has 5 aromatic rings. The quantitative estimate of drug-likeness (QED) is 0.0697. The molecule has 2 fully saturated rings. The lowest BCUT2D eigenvalue weighted by atomic mass is 9.49. The topological polar surface area (TPSA) is 196 Å². The molecule has 4 N–H and O–H groups in total. The lowest BCUT2D eigenvalue weighted by Crippen LogP contribution is -2.74. The Labute approximate surface area is 408 Å². The van der Waals surface area contributed by atoms with Crippen LogP contribution in [0.1, 0.15) is 94.9 Å². The summed E-state index contributed by atoms with van der Waals surface area (Å²) in [5.74, 6) is 0.561. The van der Waals surface area contributed by atoms with E-state index in [1.807, 2.05) is 88.4 Å². The number of nitrogens with one attached hydrogen (secondary N) is 3. The van der Waals surface area contributed by atoms with Gasteiger partial charge in [0.05, 0.1) is 29.0 Å². The highest BCUT2D eigenvalue weighted by Gasteiger charge is 2.64. The highest BCUT2D eigenvalue weighted by molar-refractivity contribution is 6.31. The van der Waals surface area contributed by atoms with Crippen molar-refractivity contribution in [1.82, 2.24) is 25.8 Å². The minimum atomic E-state index is -0.938. The fraction of sp³-hybridized carbons (Fsp3) is 0.407. The fourth-order valence-electron chi connectivity index (χ4n) is 9.80. The summed E-state index contributed by atoms with van der Waals surface area (Å²) in [5.41, 5.74) is 3.79. The maximum absolute atomic E-state index is 14.1. The summed E-state index contributed by atoms with van der Waals surface area (Å²) in [6.07, 6.45) is 0.890. The molecule has 362 valence electrons. The van der Waals surface area contributed by atoms with Gasteiger partial charge in [-0.05, 0) is 71.8 Å². The average molecular weight is 958 g/mol. The van der Waals surface area contributed by atoms with Gasteiger partial charge in [0.1, 0.15) is 35.8 Å². The van der Waals surface area contributed by atoms with Crippen molar-refractivity contribution in [3.8, 4) is 40.0 Å². The van der Waals surface area contributed by atoms with Crippen LogP contribution in [-0.4, -0.2) is 82.1 Å². The summed E-state index contributed by atoms with van der Waals surface area (Å²) >= 11 is 6.25. The lowest BCUT2D eigenvalue weighted by Gasteiger charge is -2.63.